The van der Waals surface area contributed by atoms with Crippen molar-refractivity contribution in [3.8, 4) is 0 Å². The van der Waals surface area contributed by atoms with Crippen molar-refractivity contribution in [3.63, 3.8) is 0 Å². The molecule has 0 aromatic heterocycles. The fourth-order valence-corrected chi connectivity index (χ4v) is 1.27. The molecule has 0 aliphatic heterocycles. The zero-order chi connectivity index (χ0) is 9.68. The summed E-state index contributed by atoms with van der Waals surface area (Å²) in [6.45, 7) is 0.599. The van der Waals surface area contributed by atoms with E-state index in [0.29, 0.717) is 12.1 Å². The summed E-state index contributed by atoms with van der Waals surface area (Å²) in [4.78, 5) is 0. The van der Waals surface area contributed by atoms with Crippen LogP contribution in [0.25, 0.3) is 0 Å². The molecule has 1 atom stereocenters. The van der Waals surface area contributed by atoms with E-state index in [1.54, 1.807) is 18.2 Å². The van der Waals surface area contributed by atoms with Crippen molar-refractivity contribution >= 4 is 12.4 Å². The van der Waals surface area contributed by atoms with Crippen LogP contribution in [0.15, 0.2) is 24.3 Å². The lowest BCUT2D eigenvalue weighted by Crippen LogP contribution is -2.13. The third kappa shape index (κ3) is 3.62. The van der Waals surface area contributed by atoms with Crippen molar-refractivity contribution in [1.29, 1.82) is 0 Å². The van der Waals surface area contributed by atoms with Crippen LogP contribution in [0.1, 0.15) is 24.4 Å². The molecule has 4 heteroatoms. The van der Waals surface area contributed by atoms with E-state index in [9.17, 15) is 4.39 Å². The Morgan fingerprint density at radius 2 is 1.93 bits per heavy atom. The van der Waals surface area contributed by atoms with Crippen molar-refractivity contribution in [1.82, 2.24) is 0 Å². The van der Waals surface area contributed by atoms with E-state index in [1.165, 1.54) is 6.07 Å². The fourth-order valence-electron chi connectivity index (χ4n) is 1.27. The van der Waals surface area contributed by atoms with E-state index in [1.807, 2.05) is 0 Å². The molecule has 0 spiro atoms. The van der Waals surface area contributed by atoms with Crippen molar-refractivity contribution in [2.75, 3.05) is 6.54 Å². The standard InChI is InChI=1S/C10H15FN2.ClH/c11-9-5-2-1-4-8(9)10(13)6-3-7-12;/h1-2,4-5,10H,3,6-7,12-13H2;1H/t10-;/m1./s1. The highest BCUT2D eigenvalue weighted by Crippen LogP contribution is 2.18. The van der Waals surface area contributed by atoms with Crippen molar-refractivity contribution in [3.05, 3.63) is 35.6 Å². The van der Waals surface area contributed by atoms with Gasteiger partial charge in [-0.2, -0.15) is 0 Å². The molecule has 1 rings (SSSR count). The molecule has 0 bridgehead atoms. The maximum absolute atomic E-state index is 13.2. The summed E-state index contributed by atoms with van der Waals surface area (Å²) in [6, 6.07) is 6.37. The number of nitrogens with two attached hydrogens (primary N) is 2. The van der Waals surface area contributed by atoms with E-state index in [0.717, 1.165) is 12.8 Å². The van der Waals surface area contributed by atoms with E-state index < -0.39 is 0 Å². The number of benzene rings is 1. The second-order valence-electron chi connectivity index (χ2n) is 3.06. The molecule has 0 heterocycles. The first-order valence-corrected chi connectivity index (χ1v) is 4.45. The van der Waals surface area contributed by atoms with Crippen molar-refractivity contribution in [2.45, 2.75) is 18.9 Å². The van der Waals surface area contributed by atoms with Crippen molar-refractivity contribution < 1.29 is 4.39 Å². The van der Waals surface area contributed by atoms with Crippen LogP contribution in [0.2, 0.25) is 0 Å². The molecule has 80 valence electrons. The molecule has 0 aliphatic rings. The van der Waals surface area contributed by atoms with Crippen LogP contribution in [-0.2, 0) is 0 Å². The Labute approximate surface area is 89.9 Å². The van der Waals surface area contributed by atoms with Crippen LogP contribution in [0.4, 0.5) is 4.39 Å². The van der Waals surface area contributed by atoms with Crippen LogP contribution in [0, 0.1) is 5.82 Å². The number of hydrogen-bond donors (Lipinski definition) is 2. The average molecular weight is 219 g/mol. The first kappa shape index (κ1) is 13.4. The lowest BCUT2D eigenvalue weighted by Gasteiger charge is -2.11. The van der Waals surface area contributed by atoms with Gasteiger partial charge in [-0.15, -0.1) is 12.4 Å². The van der Waals surface area contributed by atoms with E-state index in [4.69, 9.17) is 11.5 Å². The normalized spacial score (nSPS) is 11.9. The Balaban J connectivity index is 0.00000169. The summed E-state index contributed by atoms with van der Waals surface area (Å²) < 4.78 is 13.2. The van der Waals surface area contributed by atoms with E-state index in [-0.39, 0.29) is 24.3 Å². The monoisotopic (exact) mass is 218 g/mol. The van der Waals surface area contributed by atoms with E-state index >= 15 is 0 Å². The largest absolute Gasteiger partial charge is 0.330 e. The predicted octanol–water partition coefficient (Wildman–Crippen LogP) is 1.99. The van der Waals surface area contributed by atoms with Gasteiger partial charge in [0, 0.05) is 11.6 Å². The Kier molecular flexibility index (Phi) is 6.45. The lowest BCUT2D eigenvalue weighted by atomic mass is 10.0. The third-order valence-electron chi connectivity index (χ3n) is 2.02. The summed E-state index contributed by atoms with van der Waals surface area (Å²) in [5, 5.41) is 0. The average Bonchev–Trinajstić information content (AvgIpc) is 2.15. The Hall–Kier alpha value is -0.640. The van der Waals surface area contributed by atoms with Gasteiger partial charge in [-0.3, -0.25) is 0 Å². The van der Waals surface area contributed by atoms with Gasteiger partial charge in [0.05, 0.1) is 0 Å². The minimum atomic E-state index is -0.232. The summed E-state index contributed by atoms with van der Waals surface area (Å²) in [6.07, 6.45) is 1.56. The highest BCUT2D eigenvalue weighted by atomic mass is 35.5. The highest BCUT2D eigenvalue weighted by molar-refractivity contribution is 5.85. The summed E-state index contributed by atoms with van der Waals surface area (Å²) in [5.41, 5.74) is 11.7. The van der Waals surface area contributed by atoms with Crippen LogP contribution < -0.4 is 11.5 Å². The van der Waals surface area contributed by atoms with Gasteiger partial charge >= 0.3 is 0 Å². The molecule has 4 N–H and O–H groups in total. The Morgan fingerprint density at radius 3 is 2.50 bits per heavy atom. The third-order valence-corrected chi connectivity index (χ3v) is 2.02. The molecule has 0 unspecified atom stereocenters. The van der Waals surface area contributed by atoms with Gasteiger partial charge in [-0.05, 0) is 25.5 Å². The lowest BCUT2D eigenvalue weighted by molar-refractivity contribution is 0.553. The van der Waals surface area contributed by atoms with Gasteiger partial charge in [0.1, 0.15) is 5.82 Å². The quantitative estimate of drug-likeness (QED) is 0.812. The molecule has 1 aromatic rings. The maximum Gasteiger partial charge on any atom is 0.127 e. The first-order chi connectivity index (χ1) is 6.25. The molecular formula is C10H16ClFN2. The molecule has 0 saturated carbocycles. The molecule has 14 heavy (non-hydrogen) atoms. The number of halogens is 2. The number of rotatable bonds is 4. The first-order valence-electron chi connectivity index (χ1n) is 4.45. The number of hydrogen-bond acceptors (Lipinski definition) is 2. The van der Waals surface area contributed by atoms with Gasteiger partial charge < -0.3 is 11.5 Å². The molecule has 0 fully saturated rings. The second-order valence-corrected chi connectivity index (χ2v) is 3.06. The summed E-state index contributed by atoms with van der Waals surface area (Å²) in [7, 11) is 0. The molecule has 1 aromatic carbocycles. The molecule has 0 saturated heterocycles. The van der Waals surface area contributed by atoms with Crippen molar-refractivity contribution in [2.24, 2.45) is 11.5 Å². The zero-order valence-corrected chi connectivity index (χ0v) is 8.77. The molecule has 0 aliphatic carbocycles. The summed E-state index contributed by atoms with van der Waals surface area (Å²) >= 11 is 0. The van der Waals surface area contributed by atoms with Crippen LogP contribution in [0.5, 0.6) is 0 Å². The Morgan fingerprint density at radius 1 is 1.29 bits per heavy atom. The molecule has 2 nitrogen and oxygen atoms in total. The highest BCUT2D eigenvalue weighted by Gasteiger charge is 2.09. The van der Waals surface area contributed by atoms with Crippen LogP contribution in [0.3, 0.4) is 0 Å². The van der Waals surface area contributed by atoms with Crippen LogP contribution >= 0.6 is 12.4 Å². The molecule has 0 amide bonds. The van der Waals surface area contributed by atoms with Gasteiger partial charge in [0.15, 0.2) is 0 Å². The molecular weight excluding hydrogens is 203 g/mol. The van der Waals surface area contributed by atoms with Gasteiger partial charge in [-0.25, -0.2) is 4.39 Å². The Bertz CT molecular complexity index is 268. The summed E-state index contributed by atoms with van der Waals surface area (Å²) in [5.74, 6) is -0.230. The minimum Gasteiger partial charge on any atom is -0.330 e. The van der Waals surface area contributed by atoms with Crippen LogP contribution in [-0.4, -0.2) is 6.54 Å². The van der Waals surface area contributed by atoms with Gasteiger partial charge in [0.2, 0.25) is 0 Å². The van der Waals surface area contributed by atoms with E-state index in [2.05, 4.69) is 0 Å². The fraction of sp³-hybridized carbons (Fsp3) is 0.400. The SMILES string of the molecule is Cl.NCCC[C@@H](N)c1ccccc1F. The zero-order valence-electron chi connectivity index (χ0n) is 7.95. The molecule has 0 radical (unpaired) electrons. The topological polar surface area (TPSA) is 52.0 Å². The van der Waals surface area contributed by atoms with Gasteiger partial charge in [-0.1, -0.05) is 18.2 Å². The smallest absolute Gasteiger partial charge is 0.127 e. The second kappa shape index (κ2) is 6.76. The predicted molar refractivity (Wildman–Crippen MR) is 58.9 cm³/mol. The maximum atomic E-state index is 13.2. The van der Waals surface area contributed by atoms with Gasteiger partial charge in [0.25, 0.3) is 0 Å². The minimum absolute atomic E-state index is 0.